The molecule has 0 fully saturated rings. The van der Waals surface area contributed by atoms with E-state index in [0.717, 1.165) is 10.8 Å². The molecule has 0 atom stereocenters. The Hall–Kier alpha value is -3.78. The summed E-state index contributed by atoms with van der Waals surface area (Å²) < 4.78 is 11.2. The molecule has 1 amide bonds. The number of nitriles is 1. The molecule has 5 nitrogen and oxygen atoms in total. The fourth-order valence-electron chi connectivity index (χ4n) is 3.04. The SMILES string of the molecule is N#CC(=Cc1cccc2c1OCCO2)C(=O)Nc1cccc2ccccc12. The van der Waals surface area contributed by atoms with Gasteiger partial charge in [0.2, 0.25) is 0 Å². The van der Waals surface area contributed by atoms with Crippen molar-refractivity contribution in [1.82, 2.24) is 0 Å². The molecule has 3 aromatic carbocycles. The largest absolute Gasteiger partial charge is 0.486 e. The van der Waals surface area contributed by atoms with E-state index in [4.69, 9.17) is 9.47 Å². The quantitative estimate of drug-likeness (QED) is 0.565. The normalized spacial score (nSPS) is 13.1. The minimum atomic E-state index is -0.469. The minimum absolute atomic E-state index is 0.00879. The molecule has 0 saturated carbocycles. The van der Waals surface area contributed by atoms with Crippen LogP contribution in [-0.4, -0.2) is 19.1 Å². The Morgan fingerprint density at radius 3 is 2.67 bits per heavy atom. The first kappa shape index (κ1) is 16.7. The third-order valence-electron chi connectivity index (χ3n) is 4.30. The fraction of sp³-hybridized carbons (Fsp3) is 0.0909. The lowest BCUT2D eigenvalue weighted by molar-refractivity contribution is -0.112. The smallest absolute Gasteiger partial charge is 0.266 e. The zero-order valence-electron chi connectivity index (χ0n) is 14.4. The van der Waals surface area contributed by atoms with Crippen LogP contribution < -0.4 is 14.8 Å². The maximum Gasteiger partial charge on any atom is 0.266 e. The lowest BCUT2D eigenvalue weighted by Crippen LogP contribution is -2.16. The van der Waals surface area contributed by atoms with Gasteiger partial charge in [-0.1, -0.05) is 48.5 Å². The number of carbonyl (C=O) groups is 1. The number of hydrogen-bond acceptors (Lipinski definition) is 4. The Morgan fingerprint density at radius 1 is 1.00 bits per heavy atom. The van der Waals surface area contributed by atoms with E-state index in [1.54, 1.807) is 18.2 Å². The van der Waals surface area contributed by atoms with Gasteiger partial charge < -0.3 is 14.8 Å². The number of hydrogen-bond donors (Lipinski definition) is 1. The average molecular weight is 356 g/mol. The number of nitrogens with zero attached hydrogens (tertiary/aromatic N) is 1. The predicted molar refractivity (Wildman–Crippen MR) is 104 cm³/mol. The van der Waals surface area contributed by atoms with Gasteiger partial charge in [0.15, 0.2) is 11.5 Å². The van der Waals surface area contributed by atoms with Gasteiger partial charge >= 0.3 is 0 Å². The highest BCUT2D eigenvalue weighted by atomic mass is 16.6. The summed E-state index contributed by atoms with van der Waals surface area (Å²) in [7, 11) is 0. The van der Waals surface area contributed by atoms with Crippen LogP contribution in [0.4, 0.5) is 5.69 Å². The van der Waals surface area contributed by atoms with E-state index in [9.17, 15) is 10.1 Å². The molecule has 0 unspecified atom stereocenters. The summed E-state index contributed by atoms with van der Waals surface area (Å²) in [6, 6.07) is 20.8. The van der Waals surface area contributed by atoms with Gasteiger partial charge in [-0.05, 0) is 23.6 Å². The summed E-state index contributed by atoms with van der Waals surface area (Å²) in [5, 5.41) is 14.3. The van der Waals surface area contributed by atoms with Crippen molar-refractivity contribution in [3.8, 4) is 17.6 Å². The number of para-hydroxylation sites is 1. The standard InChI is InChI=1S/C22H16N2O3/c23-14-17(13-16-7-4-10-20-21(16)27-12-11-26-20)22(25)24-19-9-3-6-15-5-1-2-8-18(15)19/h1-10,13H,11-12H2,(H,24,25). The summed E-state index contributed by atoms with van der Waals surface area (Å²) in [5.74, 6) is 0.694. The Bertz CT molecular complexity index is 1090. The number of fused-ring (bicyclic) bond motifs is 2. The Balaban J connectivity index is 1.66. The Kier molecular flexibility index (Phi) is 4.46. The van der Waals surface area contributed by atoms with E-state index in [2.05, 4.69) is 5.32 Å². The van der Waals surface area contributed by atoms with Crippen LogP contribution in [0.5, 0.6) is 11.5 Å². The van der Waals surface area contributed by atoms with Gasteiger partial charge in [0.1, 0.15) is 24.9 Å². The van der Waals surface area contributed by atoms with Crippen LogP contribution in [0, 0.1) is 11.3 Å². The van der Waals surface area contributed by atoms with Crippen molar-refractivity contribution in [1.29, 1.82) is 5.26 Å². The molecule has 0 bridgehead atoms. The van der Waals surface area contributed by atoms with Crippen LogP contribution in [0.2, 0.25) is 0 Å². The fourth-order valence-corrected chi connectivity index (χ4v) is 3.04. The van der Waals surface area contributed by atoms with Crippen LogP contribution in [-0.2, 0) is 4.79 Å². The Morgan fingerprint density at radius 2 is 1.78 bits per heavy atom. The maximum atomic E-state index is 12.7. The van der Waals surface area contributed by atoms with E-state index in [1.165, 1.54) is 6.08 Å². The van der Waals surface area contributed by atoms with Crippen LogP contribution in [0.3, 0.4) is 0 Å². The molecular weight excluding hydrogens is 340 g/mol. The van der Waals surface area contributed by atoms with Crippen molar-refractivity contribution in [2.45, 2.75) is 0 Å². The van der Waals surface area contributed by atoms with E-state index in [0.29, 0.717) is 36.0 Å². The van der Waals surface area contributed by atoms with Gasteiger partial charge in [-0.15, -0.1) is 0 Å². The van der Waals surface area contributed by atoms with Crippen LogP contribution in [0.15, 0.2) is 66.2 Å². The van der Waals surface area contributed by atoms with Crippen molar-refractivity contribution >= 4 is 28.4 Å². The monoisotopic (exact) mass is 356 g/mol. The molecule has 1 N–H and O–H groups in total. The molecule has 0 aromatic heterocycles. The highest BCUT2D eigenvalue weighted by Gasteiger charge is 2.17. The second-order valence-corrected chi connectivity index (χ2v) is 6.02. The summed E-state index contributed by atoms with van der Waals surface area (Å²) in [4.78, 5) is 12.7. The second kappa shape index (κ2) is 7.22. The number of benzene rings is 3. The average Bonchev–Trinajstić information content (AvgIpc) is 2.72. The predicted octanol–water partition coefficient (Wildman–Crippen LogP) is 4.16. The van der Waals surface area contributed by atoms with Crippen molar-refractivity contribution in [2.24, 2.45) is 0 Å². The first-order chi connectivity index (χ1) is 13.3. The van der Waals surface area contributed by atoms with Crippen molar-refractivity contribution in [2.75, 3.05) is 18.5 Å². The number of carbonyl (C=O) groups excluding carboxylic acids is 1. The van der Waals surface area contributed by atoms with E-state index >= 15 is 0 Å². The van der Waals surface area contributed by atoms with E-state index in [1.807, 2.05) is 48.5 Å². The molecule has 0 spiro atoms. The summed E-state index contributed by atoms with van der Waals surface area (Å²) in [6.45, 7) is 0.911. The van der Waals surface area contributed by atoms with Gasteiger partial charge in [0.05, 0.1) is 0 Å². The minimum Gasteiger partial charge on any atom is -0.486 e. The van der Waals surface area contributed by atoms with E-state index < -0.39 is 5.91 Å². The lowest BCUT2D eigenvalue weighted by atomic mass is 10.1. The molecule has 0 saturated heterocycles. The highest BCUT2D eigenvalue weighted by molar-refractivity contribution is 6.13. The molecule has 132 valence electrons. The Labute approximate surface area is 156 Å². The van der Waals surface area contributed by atoms with Crippen LogP contribution in [0.1, 0.15) is 5.56 Å². The second-order valence-electron chi connectivity index (χ2n) is 6.02. The maximum absolute atomic E-state index is 12.7. The number of rotatable bonds is 3. The molecule has 5 heteroatoms. The third kappa shape index (κ3) is 3.33. The summed E-state index contributed by atoms with van der Waals surface area (Å²) in [6.07, 6.45) is 1.52. The van der Waals surface area contributed by atoms with Crippen molar-refractivity contribution in [3.63, 3.8) is 0 Å². The molecule has 1 aliphatic heterocycles. The number of nitrogens with one attached hydrogen (secondary N) is 1. The van der Waals surface area contributed by atoms with Gasteiger partial charge in [0.25, 0.3) is 5.91 Å². The molecule has 4 rings (SSSR count). The zero-order valence-corrected chi connectivity index (χ0v) is 14.4. The molecule has 0 radical (unpaired) electrons. The number of anilines is 1. The number of ether oxygens (including phenoxy) is 2. The zero-order chi connectivity index (χ0) is 18.6. The summed E-state index contributed by atoms with van der Waals surface area (Å²) >= 11 is 0. The topological polar surface area (TPSA) is 71.3 Å². The van der Waals surface area contributed by atoms with Crippen LogP contribution >= 0.6 is 0 Å². The van der Waals surface area contributed by atoms with Gasteiger partial charge in [-0.2, -0.15) is 5.26 Å². The first-order valence-electron chi connectivity index (χ1n) is 8.56. The molecule has 1 aliphatic rings. The van der Waals surface area contributed by atoms with Crippen molar-refractivity contribution < 1.29 is 14.3 Å². The van der Waals surface area contributed by atoms with Crippen molar-refractivity contribution in [3.05, 3.63) is 71.8 Å². The van der Waals surface area contributed by atoms with Crippen LogP contribution in [0.25, 0.3) is 16.8 Å². The van der Waals surface area contributed by atoms with E-state index in [-0.39, 0.29) is 5.57 Å². The van der Waals surface area contributed by atoms with Gasteiger partial charge in [0, 0.05) is 16.6 Å². The lowest BCUT2D eigenvalue weighted by Gasteiger charge is -2.19. The molecule has 3 aromatic rings. The molecule has 27 heavy (non-hydrogen) atoms. The van der Waals surface area contributed by atoms with Gasteiger partial charge in [-0.3, -0.25) is 4.79 Å². The molecular formula is C22H16N2O3. The molecule has 0 aliphatic carbocycles. The highest BCUT2D eigenvalue weighted by Crippen LogP contribution is 2.35. The first-order valence-corrected chi connectivity index (χ1v) is 8.56. The van der Waals surface area contributed by atoms with Gasteiger partial charge in [-0.25, -0.2) is 0 Å². The third-order valence-corrected chi connectivity index (χ3v) is 4.30. The number of amides is 1. The molecule has 1 heterocycles. The summed E-state index contributed by atoms with van der Waals surface area (Å²) in [5.41, 5.74) is 1.29.